The maximum absolute atomic E-state index is 13.7. The first-order chi connectivity index (χ1) is 8.16. The fourth-order valence-corrected chi connectivity index (χ4v) is 1.84. The Morgan fingerprint density at radius 3 is 2.17 bits per heavy atom. The lowest BCUT2D eigenvalue weighted by Crippen LogP contribution is -2.41. The first-order valence-electron chi connectivity index (χ1n) is 5.51. The number of rotatable bonds is 1. The second kappa shape index (κ2) is 4.15. The summed E-state index contributed by atoms with van der Waals surface area (Å²) in [6.45, 7) is 7.24. The van der Waals surface area contributed by atoms with Gasteiger partial charge in [0.1, 0.15) is 0 Å². The molecule has 3 nitrogen and oxygen atoms in total. The predicted octanol–water partition coefficient (Wildman–Crippen LogP) is 2.31. The summed E-state index contributed by atoms with van der Waals surface area (Å²) in [6.07, 6.45) is 0.729. The summed E-state index contributed by atoms with van der Waals surface area (Å²) in [5, 5.41) is -0.360. The molecule has 0 unspecified atom stereocenters. The van der Waals surface area contributed by atoms with E-state index in [2.05, 4.69) is 4.98 Å². The Bertz CT molecular complexity index is 480. The third-order valence-corrected chi connectivity index (χ3v) is 3.83. The lowest BCUT2D eigenvalue weighted by atomic mass is 9.80. The second-order valence-electron chi connectivity index (χ2n) is 5.21. The summed E-state index contributed by atoms with van der Waals surface area (Å²) in [6, 6.07) is 0. The molecule has 98 valence electrons. The Morgan fingerprint density at radius 1 is 1.17 bits per heavy atom. The van der Waals surface area contributed by atoms with Crippen molar-refractivity contribution in [2.75, 3.05) is 0 Å². The molecule has 1 saturated heterocycles. The van der Waals surface area contributed by atoms with Gasteiger partial charge in [-0.15, -0.1) is 0 Å². The van der Waals surface area contributed by atoms with E-state index in [9.17, 15) is 8.78 Å². The van der Waals surface area contributed by atoms with Crippen LogP contribution in [0.25, 0.3) is 0 Å². The topological polar surface area (TPSA) is 31.4 Å². The highest BCUT2D eigenvalue weighted by atomic mass is 35.5. The summed E-state index contributed by atoms with van der Waals surface area (Å²) in [5.74, 6) is -1.69. The molecule has 0 N–H and O–H groups in total. The van der Waals surface area contributed by atoms with E-state index in [4.69, 9.17) is 20.9 Å². The molecule has 0 aromatic carbocycles. The van der Waals surface area contributed by atoms with Crippen LogP contribution in [-0.4, -0.2) is 23.3 Å². The van der Waals surface area contributed by atoms with Crippen LogP contribution >= 0.6 is 11.6 Å². The standard InChI is InChI=1S/C11H13BClF2NO2/c1-10(2)11(3,4)18-12(17-10)7-8(13)6(14)5-16-9(7)15/h5H,1-4H3. The van der Waals surface area contributed by atoms with Crippen LogP contribution in [0.5, 0.6) is 0 Å². The van der Waals surface area contributed by atoms with Gasteiger partial charge in [-0.25, -0.2) is 9.37 Å². The van der Waals surface area contributed by atoms with Gasteiger partial charge in [0.2, 0.25) is 5.95 Å². The maximum atomic E-state index is 13.7. The van der Waals surface area contributed by atoms with Gasteiger partial charge in [0.25, 0.3) is 0 Å². The highest BCUT2D eigenvalue weighted by Crippen LogP contribution is 2.37. The maximum Gasteiger partial charge on any atom is 0.501 e. The highest BCUT2D eigenvalue weighted by molar-refractivity contribution is 6.65. The van der Waals surface area contributed by atoms with Crippen molar-refractivity contribution < 1.29 is 18.1 Å². The zero-order chi connectivity index (χ0) is 13.7. The summed E-state index contributed by atoms with van der Waals surface area (Å²) in [7, 11) is -1.06. The SMILES string of the molecule is CC1(C)OB(c2c(F)ncc(F)c2Cl)OC1(C)C. The van der Waals surface area contributed by atoms with Gasteiger partial charge in [-0.3, -0.25) is 0 Å². The normalized spacial score (nSPS) is 21.4. The fourth-order valence-electron chi connectivity index (χ4n) is 1.62. The largest absolute Gasteiger partial charge is 0.501 e. The van der Waals surface area contributed by atoms with Crippen molar-refractivity contribution >= 4 is 24.2 Å². The van der Waals surface area contributed by atoms with E-state index in [1.165, 1.54) is 0 Å². The molecule has 7 heteroatoms. The van der Waals surface area contributed by atoms with Gasteiger partial charge in [0, 0.05) is 0 Å². The van der Waals surface area contributed by atoms with Crippen molar-refractivity contribution in [3.8, 4) is 0 Å². The molecule has 0 amide bonds. The number of halogens is 3. The molecular formula is C11H13BClF2NO2. The molecule has 2 rings (SSSR count). The average molecular weight is 275 g/mol. The first kappa shape index (κ1) is 13.7. The van der Waals surface area contributed by atoms with Gasteiger partial charge in [-0.1, -0.05) is 11.6 Å². The van der Waals surface area contributed by atoms with Gasteiger partial charge in [-0.05, 0) is 27.7 Å². The van der Waals surface area contributed by atoms with E-state index in [0.29, 0.717) is 0 Å². The van der Waals surface area contributed by atoms with Crippen molar-refractivity contribution in [1.82, 2.24) is 4.98 Å². The van der Waals surface area contributed by atoms with Crippen LogP contribution in [0.3, 0.4) is 0 Å². The molecule has 0 aliphatic carbocycles. The molecule has 0 spiro atoms. The molecular weight excluding hydrogens is 262 g/mol. The Hall–Kier alpha value is -0.715. The molecule has 1 aliphatic rings. The molecule has 0 radical (unpaired) electrons. The molecule has 2 heterocycles. The fraction of sp³-hybridized carbons (Fsp3) is 0.545. The molecule has 1 fully saturated rings. The van der Waals surface area contributed by atoms with Gasteiger partial charge in [0.05, 0.1) is 27.9 Å². The average Bonchev–Trinajstić information content (AvgIpc) is 2.43. The third kappa shape index (κ3) is 2.02. The van der Waals surface area contributed by atoms with E-state index in [0.717, 1.165) is 6.20 Å². The lowest BCUT2D eigenvalue weighted by molar-refractivity contribution is 0.00578. The Labute approximate surface area is 110 Å². The Morgan fingerprint density at radius 2 is 1.67 bits per heavy atom. The molecule has 0 saturated carbocycles. The number of nitrogens with zero attached hydrogens (tertiary/aromatic N) is 1. The molecule has 0 bridgehead atoms. The minimum atomic E-state index is -1.06. The van der Waals surface area contributed by atoms with Gasteiger partial charge in [-0.2, -0.15) is 4.39 Å². The molecule has 1 aliphatic heterocycles. The third-order valence-electron chi connectivity index (χ3n) is 3.45. The monoisotopic (exact) mass is 275 g/mol. The molecule has 1 aromatic heterocycles. The number of aromatic nitrogens is 1. The van der Waals surface area contributed by atoms with E-state index in [1.54, 1.807) is 0 Å². The van der Waals surface area contributed by atoms with E-state index < -0.39 is 30.1 Å². The van der Waals surface area contributed by atoms with Crippen molar-refractivity contribution in [1.29, 1.82) is 0 Å². The van der Waals surface area contributed by atoms with Crippen LogP contribution in [-0.2, 0) is 9.31 Å². The van der Waals surface area contributed by atoms with Gasteiger partial charge in [0.15, 0.2) is 5.82 Å². The van der Waals surface area contributed by atoms with Crippen LogP contribution in [0.2, 0.25) is 5.02 Å². The van der Waals surface area contributed by atoms with E-state index in [1.807, 2.05) is 27.7 Å². The number of pyridine rings is 1. The van der Waals surface area contributed by atoms with E-state index in [-0.39, 0.29) is 10.5 Å². The molecule has 1 aromatic rings. The zero-order valence-electron chi connectivity index (χ0n) is 10.6. The van der Waals surface area contributed by atoms with Crippen molar-refractivity contribution in [2.45, 2.75) is 38.9 Å². The van der Waals surface area contributed by atoms with Crippen LogP contribution < -0.4 is 5.46 Å². The summed E-state index contributed by atoms with van der Waals surface area (Å²) in [4.78, 5) is 3.29. The highest BCUT2D eigenvalue weighted by Gasteiger charge is 2.53. The Balaban J connectivity index is 2.44. The van der Waals surface area contributed by atoms with Gasteiger partial charge >= 0.3 is 7.12 Å². The number of hydrogen-bond donors (Lipinski definition) is 0. The predicted molar refractivity (Wildman–Crippen MR) is 64.9 cm³/mol. The lowest BCUT2D eigenvalue weighted by Gasteiger charge is -2.32. The zero-order valence-corrected chi connectivity index (χ0v) is 11.3. The smallest absolute Gasteiger partial charge is 0.399 e. The van der Waals surface area contributed by atoms with Crippen molar-refractivity contribution in [3.63, 3.8) is 0 Å². The molecule has 0 atom stereocenters. The van der Waals surface area contributed by atoms with Crippen molar-refractivity contribution in [2.24, 2.45) is 0 Å². The first-order valence-corrected chi connectivity index (χ1v) is 5.88. The summed E-state index contributed by atoms with van der Waals surface area (Å²) < 4.78 is 38.2. The summed E-state index contributed by atoms with van der Waals surface area (Å²) >= 11 is 5.75. The van der Waals surface area contributed by atoms with Crippen LogP contribution in [0.4, 0.5) is 8.78 Å². The minimum absolute atomic E-state index is 0.199. The van der Waals surface area contributed by atoms with Crippen molar-refractivity contribution in [3.05, 3.63) is 23.0 Å². The van der Waals surface area contributed by atoms with Crippen LogP contribution in [0, 0.1) is 11.8 Å². The summed E-state index contributed by atoms with van der Waals surface area (Å²) in [5.41, 5.74) is -1.50. The Kier molecular flexibility index (Phi) is 3.16. The number of hydrogen-bond acceptors (Lipinski definition) is 3. The quantitative estimate of drug-likeness (QED) is 0.582. The van der Waals surface area contributed by atoms with E-state index >= 15 is 0 Å². The second-order valence-corrected chi connectivity index (χ2v) is 5.59. The van der Waals surface area contributed by atoms with Crippen LogP contribution in [0.15, 0.2) is 6.20 Å². The minimum Gasteiger partial charge on any atom is -0.399 e. The molecule has 18 heavy (non-hydrogen) atoms. The van der Waals surface area contributed by atoms with Gasteiger partial charge < -0.3 is 9.31 Å². The van der Waals surface area contributed by atoms with Crippen LogP contribution in [0.1, 0.15) is 27.7 Å².